The van der Waals surface area contributed by atoms with E-state index < -0.39 is 35.2 Å². The molecule has 0 radical (unpaired) electrons. The van der Waals surface area contributed by atoms with Crippen LogP contribution in [-0.4, -0.2) is 4.98 Å². The summed E-state index contributed by atoms with van der Waals surface area (Å²) < 4.78 is 119. The van der Waals surface area contributed by atoms with Crippen molar-refractivity contribution in [3.63, 3.8) is 0 Å². The van der Waals surface area contributed by atoms with Crippen LogP contribution >= 0.6 is 0 Å². The van der Waals surface area contributed by atoms with Crippen LogP contribution in [0.15, 0.2) is 85.1 Å². The van der Waals surface area contributed by atoms with E-state index in [0.29, 0.717) is 0 Å². The van der Waals surface area contributed by atoms with Crippen LogP contribution in [0.25, 0.3) is 33.5 Å². The highest BCUT2D eigenvalue weighted by atomic mass is 19.4. The van der Waals surface area contributed by atoms with Gasteiger partial charge in [-0.1, -0.05) is 36.4 Å². The molecule has 36 heavy (non-hydrogen) atoms. The Morgan fingerprint density at radius 3 is 1.36 bits per heavy atom. The Hall–Kier alpha value is -3.82. The summed E-state index contributed by atoms with van der Waals surface area (Å²) in [4.78, 5) is 4.18. The molecule has 0 saturated heterocycles. The van der Waals surface area contributed by atoms with Crippen LogP contribution in [0.1, 0.15) is 16.7 Å². The predicted molar refractivity (Wildman–Crippen MR) is 116 cm³/mol. The molecule has 1 aromatic heterocycles. The number of nitrogens with zero attached hydrogens (tertiary/aromatic N) is 1. The Morgan fingerprint density at radius 1 is 0.444 bits per heavy atom. The number of aromatic nitrogens is 1. The summed E-state index contributed by atoms with van der Waals surface area (Å²) >= 11 is 0. The molecule has 0 N–H and O–H groups in total. The van der Waals surface area contributed by atoms with E-state index in [2.05, 4.69) is 4.98 Å². The van der Waals surface area contributed by atoms with Gasteiger partial charge in [0, 0.05) is 22.9 Å². The van der Waals surface area contributed by atoms with Gasteiger partial charge in [-0.05, 0) is 53.6 Å². The third-order valence-corrected chi connectivity index (χ3v) is 5.38. The second-order valence-electron chi connectivity index (χ2n) is 7.86. The van der Waals surface area contributed by atoms with E-state index in [1.807, 2.05) is 0 Å². The maximum atomic E-state index is 13.3. The molecule has 186 valence electrons. The monoisotopic (exact) mass is 511 g/mol. The molecule has 0 spiro atoms. The molecular weight excluding hydrogens is 497 g/mol. The minimum Gasteiger partial charge on any atom is -0.255 e. The molecule has 1 nitrogen and oxygen atoms in total. The van der Waals surface area contributed by atoms with Crippen LogP contribution < -0.4 is 0 Å². The largest absolute Gasteiger partial charge is 0.416 e. The van der Waals surface area contributed by atoms with Crippen molar-refractivity contribution in [3.05, 3.63) is 102 Å². The summed E-state index contributed by atoms with van der Waals surface area (Å²) in [6.07, 6.45) is -12.8. The topological polar surface area (TPSA) is 12.9 Å². The molecule has 0 unspecified atom stereocenters. The second kappa shape index (κ2) is 9.00. The average molecular weight is 511 g/mol. The van der Waals surface area contributed by atoms with Crippen molar-refractivity contribution in [2.24, 2.45) is 0 Å². The summed E-state index contributed by atoms with van der Waals surface area (Å²) in [5.74, 6) is 0. The van der Waals surface area contributed by atoms with Crippen LogP contribution in [0.4, 0.5) is 39.5 Å². The van der Waals surface area contributed by atoms with Crippen molar-refractivity contribution in [1.82, 2.24) is 4.98 Å². The van der Waals surface area contributed by atoms with Gasteiger partial charge >= 0.3 is 18.5 Å². The molecule has 10 heteroatoms. The lowest BCUT2D eigenvalue weighted by Gasteiger charge is -2.15. The zero-order valence-corrected chi connectivity index (χ0v) is 17.9. The first kappa shape index (κ1) is 25.3. The van der Waals surface area contributed by atoms with E-state index >= 15 is 0 Å². The number of rotatable bonds is 3. The van der Waals surface area contributed by atoms with Gasteiger partial charge < -0.3 is 0 Å². The van der Waals surface area contributed by atoms with E-state index in [9.17, 15) is 39.5 Å². The van der Waals surface area contributed by atoms with E-state index in [1.165, 1.54) is 36.5 Å². The Labute approximate surface area is 198 Å². The second-order valence-corrected chi connectivity index (χ2v) is 7.86. The molecule has 0 aliphatic carbocycles. The Bertz CT molecular complexity index is 1400. The SMILES string of the molecule is FC(F)(F)c1cccc(-c2cnc(-c3cccc(C(F)(F)F)c3)c(-c3cccc(C(F)(F)F)c3)c2)c1. The molecular formula is C26H14F9N. The summed E-state index contributed by atoms with van der Waals surface area (Å²) in [5, 5.41) is 0. The lowest BCUT2D eigenvalue weighted by Crippen LogP contribution is -2.06. The maximum absolute atomic E-state index is 13.3. The number of pyridine rings is 1. The standard InChI is InChI=1S/C26H14F9N/c27-24(28,29)19-7-1-4-15(10-19)18-13-22(16-5-2-8-20(11-16)25(30,31)32)23(36-14-18)17-6-3-9-21(12-17)26(33,34)35/h1-14H. The van der Waals surface area contributed by atoms with Gasteiger partial charge in [0.2, 0.25) is 0 Å². The van der Waals surface area contributed by atoms with Crippen LogP contribution in [0.2, 0.25) is 0 Å². The normalized spacial score (nSPS) is 12.6. The first-order valence-electron chi connectivity index (χ1n) is 10.3. The van der Waals surface area contributed by atoms with E-state index in [4.69, 9.17) is 0 Å². The fourth-order valence-corrected chi connectivity index (χ4v) is 3.65. The van der Waals surface area contributed by atoms with Gasteiger partial charge in [0.25, 0.3) is 0 Å². The molecule has 0 amide bonds. The fraction of sp³-hybridized carbons (Fsp3) is 0.115. The van der Waals surface area contributed by atoms with E-state index in [0.717, 1.165) is 48.5 Å². The quantitative estimate of drug-likeness (QED) is 0.250. The number of hydrogen-bond acceptors (Lipinski definition) is 1. The summed E-state index contributed by atoms with van der Waals surface area (Å²) in [5.41, 5.74) is -2.77. The van der Waals surface area contributed by atoms with E-state index in [1.54, 1.807) is 0 Å². The Morgan fingerprint density at radius 2 is 0.861 bits per heavy atom. The van der Waals surface area contributed by atoms with Crippen LogP contribution in [0.5, 0.6) is 0 Å². The molecule has 0 atom stereocenters. The molecule has 0 aliphatic heterocycles. The first-order valence-corrected chi connectivity index (χ1v) is 10.3. The summed E-state index contributed by atoms with van der Waals surface area (Å²) in [6.45, 7) is 0. The smallest absolute Gasteiger partial charge is 0.255 e. The highest BCUT2D eigenvalue weighted by Gasteiger charge is 2.33. The van der Waals surface area contributed by atoms with Crippen molar-refractivity contribution in [2.75, 3.05) is 0 Å². The predicted octanol–water partition coefficient (Wildman–Crippen LogP) is 9.14. The molecule has 4 rings (SSSR count). The van der Waals surface area contributed by atoms with Crippen molar-refractivity contribution >= 4 is 0 Å². The van der Waals surface area contributed by atoms with Gasteiger partial charge in [-0.15, -0.1) is 0 Å². The maximum Gasteiger partial charge on any atom is 0.416 e. The van der Waals surface area contributed by atoms with Gasteiger partial charge in [0.1, 0.15) is 0 Å². The van der Waals surface area contributed by atoms with Crippen molar-refractivity contribution in [1.29, 1.82) is 0 Å². The van der Waals surface area contributed by atoms with Gasteiger partial charge in [-0.3, -0.25) is 4.98 Å². The Kier molecular flexibility index (Phi) is 6.32. The molecule has 0 saturated carbocycles. The molecule has 0 bridgehead atoms. The van der Waals surface area contributed by atoms with Gasteiger partial charge in [0.05, 0.1) is 22.4 Å². The lowest BCUT2D eigenvalue weighted by atomic mass is 9.94. The van der Waals surface area contributed by atoms with Crippen molar-refractivity contribution < 1.29 is 39.5 Å². The van der Waals surface area contributed by atoms with Crippen molar-refractivity contribution in [3.8, 4) is 33.5 Å². The lowest BCUT2D eigenvalue weighted by molar-refractivity contribution is -0.138. The summed E-state index contributed by atoms with van der Waals surface area (Å²) in [7, 11) is 0. The van der Waals surface area contributed by atoms with Crippen LogP contribution in [0, 0.1) is 0 Å². The third-order valence-electron chi connectivity index (χ3n) is 5.38. The average Bonchev–Trinajstić information content (AvgIpc) is 2.82. The highest BCUT2D eigenvalue weighted by Crippen LogP contribution is 2.39. The molecule has 0 fully saturated rings. The third kappa shape index (κ3) is 5.37. The highest BCUT2D eigenvalue weighted by molar-refractivity contribution is 5.84. The number of hydrogen-bond donors (Lipinski definition) is 0. The first-order chi connectivity index (χ1) is 16.7. The number of benzene rings is 3. The minimum atomic E-state index is -4.70. The molecule has 4 aromatic rings. The zero-order chi connectivity index (χ0) is 26.3. The molecule has 1 heterocycles. The minimum absolute atomic E-state index is 0.0152. The van der Waals surface area contributed by atoms with Crippen LogP contribution in [-0.2, 0) is 18.5 Å². The van der Waals surface area contributed by atoms with Crippen molar-refractivity contribution in [2.45, 2.75) is 18.5 Å². The van der Waals surface area contributed by atoms with Gasteiger partial charge in [-0.25, -0.2) is 0 Å². The Balaban J connectivity index is 1.94. The zero-order valence-electron chi connectivity index (χ0n) is 17.9. The van der Waals surface area contributed by atoms with Gasteiger partial charge in [0.15, 0.2) is 0 Å². The fourth-order valence-electron chi connectivity index (χ4n) is 3.65. The molecule has 3 aromatic carbocycles. The molecule has 0 aliphatic rings. The van der Waals surface area contributed by atoms with E-state index in [-0.39, 0.29) is 33.5 Å². The van der Waals surface area contributed by atoms with Gasteiger partial charge in [-0.2, -0.15) is 39.5 Å². The van der Waals surface area contributed by atoms with Crippen LogP contribution in [0.3, 0.4) is 0 Å². The summed E-state index contributed by atoms with van der Waals surface area (Å²) in [6, 6.07) is 13.8. The number of halogens is 9. The number of alkyl halides is 9.